The van der Waals surface area contributed by atoms with Gasteiger partial charge in [-0.25, -0.2) is 0 Å². The summed E-state index contributed by atoms with van der Waals surface area (Å²) in [5, 5.41) is 0. The summed E-state index contributed by atoms with van der Waals surface area (Å²) in [7, 11) is 1.67. The first kappa shape index (κ1) is 13.8. The molecule has 0 N–H and O–H groups in total. The fourth-order valence-corrected chi connectivity index (χ4v) is 2.91. The molecule has 1 aliphatic rings. The van der Waals surface area contributed by atoms with Gasteiger partial charge in [-0.15, -0.1) is 0 Å². The third-order valence-electron chi connectivity index (χ3n) is 3.97. The number of nitrogens with zero attached hydrogens (tertiary/aromatic N) is 1. The first-order valence-corrected chi connectivity index (χ1v) is 7.29. The molecule has 1 atom stereocenters. The number of amides is 1. The van der Waals surface area contributed by atoms with E-state index in [0.29, 0.717) is 0 Å². The topological polar surface area (TPSA) is 29.5 Å². The minimum Gasteiger partial charge on any atom is -0.362 e. The quantitative estimate of drug-likeness (QED) is 0.861. The molecule has 0 bridgehead atoms. The molecule has 0 aliphatic carbocycles. The van der Waals surface area contributed by atoms with Crippen molar-refractivity contribution in [3.05, 3.63) is 60.2 Å². The van der Waals surface area contributed by atoms with Crippen LogP contribution in [0.25, 0.3) is 11.1 Å². The van der Waals surface area contributed by atoms with Crippen LogP contribution in [0.1, 0.15) is 23.2 Å². The molecule has 1 aliphatic heterocycles. The van der Waals surface area contributed by atoms with E-state index >= 15 is 0 Å². The van der Waals surface area contributed by atoms with Crippen molar-refractivity contribution in [2.24, 2.45) is 0 Å². The van der Waals surface area contributed by atoms with Crippen LogP contribution in [-0.2, 0) is 4.74 Å². The minimum atomic E-state index is -0.0960. The van der Waals surface area contributed by atoms with Gasteiger partial charge in [-0.3, -0.25) is 4.79 Å². The van der Waals surface area contributed by atoms with Crippen LogP contribution in [0.2, 0.25) is 0 Å². The second kappa shape index (κ2) is 6.10. The Balaban J connectivity index is 1.98. The van der Waals surface area contributed by atoms with Crippen molar-refractivity contribution in [2.75, 3.05) is 13.7 Å². The molecule has 1 heterocycles. The zero-order valence-corrected chi connectivity index (χ0v) is 12.2. The normalized spacial score (nSPS) is 18.0. The predicted molar refractivity (Wildman–Crippen MR) is 82.9 cm³/mol. The van der Waals surface area contributed by atoms with Crippen molar-refractivity contribution in [1.82, 2.24) is 4.90 Å². The third-order valence-corrected chi connectivity index (χ3v) is 3.97. The van der Waals surface area contributed by atoms with E-state index in [1.807, 2.05) is 59.5 Å². The first-order chi connectivity index (χ1) is 10.3. The SMILES string of the molecule is CO[C@@H]1CCCN1C(=O)c1ccccc1-c1ccccc1. The summed E-state index contributed by atoms with van der Waals surface area (Å²) in [6.45, 7) is 0.764. The second-order valence-corrected chi connectivity index (χ2v) is 5.24. The fraction of sp³-hybridized carbons (Fsp3) is 0.278. The van der Waals surface area contributed by atoms with Gasteiger partial charge in [0, 0.05) is 19.2 Å². The monoisotopic (exact) mass is 281 g/mol. The molecule has 21 heavy (non-hydrogen) atoms. The summed E-state index contributed by atoms with van der Waals surface area (Å²) in [5.41, 5.74) is 2.78. The molecule has 2 aromatic rings. The maximum Gasteiger partial charge on any atom is 0.256 e. The summed E-state index contributed by atoms with van der Waals surface area (Å²) in [5.74, 6) is 0.0544. The molecule has 0 saturated carbocycles. The lowest BCUT2D eigenvalue weighted by Crippen LogP contribution is -2.36. The molecule has 0 aromatic heterocycles. The van der Waals surface area contributed by atoms with Crippen LogP contribution in [0.5, 0.6) is 0 Å². The second-order valence-electron chi connectivity index (χ2n) is 5.24. The van der Waals surface area contributed by atoms with Crippen molar-refractivity contribution in [1.29, 1.82) is 0 Å². The zero-order valence-electron chi connectivity index (χ0n) is 12.2. The van der Waals surface area contributed by atoms with E-state index in [9.17, 15) is 4.79 Å². The van der Waals surface area contributed by atoms with Crippen molar-refractivity contribution in [2.45, 2.75) is 19.1 Å². The summed E-state index contributed by atoms with van der Waals surface area (Å²) in [4.78, 5) is 14.7. The Hall–Kier alpha value is -2.13. The molecule has 1 amide bonds. The van der Waals surface area contributed by atoms with E-state index in [1.54, 1.807) is 7.11 Å². The van der Waals surface area contributed by atoms with Crippen molar-refractivity contribution in [3.8, 4) is 11.1 Å². The Labute approximate surface area is 125 Å². The highest BCUT2D eigenvalue weighted by atomic mass is 16.5. The van der Waals surface area contributed by atoms with Crippen molar-refractivity contribution < 1.29 is 9.53 Å². The van der Waals surface area contributed by atoms with Gasteiger partial charge in [0.25, 0.3) is 5.91 Å². The largest absolute Gasteiger partial charge is 0.362 e. The number of carbonyl (C=O) groups excluding carboxylic acids is 1. The number of methoxy groups -OCH3 is 1. The molecule has 0 unspecified atom stereocenters. The molecule has 3 heteroatoms. The Morgan fingerprint density at radius 1 is 1.10 bits per heavy atom. The van der Waals surface area contributed by atoms with Gasteiger partial charge < -0.3 is 9.64 Å². The zero-order chi connectivity index (χ0) is 14.7. The lowest BCUT2D eigenvalue weighted by Gasteiger charge is -2.24. The Morgan fingerprint density at radius 2 is 1.81 bits per heavy atom. The van der Waals surface area contributed by atoms with Gasteiger partial charge in [-0.05, 0) is 30.0 Å². The van der Waals surface area contributed by atoms with E-state index in [0.717, 1.165) is 36.1 Å². The summed E-state index contributed by atoms with van der Waals surface area (Å²) < 4.78 is 5.42. The molecule has 108 valence electrons. The van der Waals surface area contributed by atoms with E-state index in [-0.39, 0.29) is 12.1 Å². The number of rotatable bonds is 3. The van der Waals surface area contributed by atoms with Gasteiger partial charge >= 0.3 is 0 Å². The highest BCUT2D eigenvalue weighted by Gasteiger charge is 2.30. The van der Waals surface area contributed by atoms with E-state index in [1.165, 1.54) is 0 Å². The van der Waals surface area contributed by atoms with E-state index < -0.39 is 0 Å². The number of likely N-dealkylation sites (tertiary alicyclic amines) is 1. The van der Waals surface area contributed by atoms with Crippen LogP contribution in [0.3, 0.4) is 0 Å². The van der Waals surface area contributed by atoms with Crippen LogP contribution in [0, 0.1) is 0 Å². The Kier molecular flexibility index (Phi) is 4.02. The van der Waals surface area contributed by atoms with Crippen molar-refractivity contribution in [3.63, 3.8) is 0 Å². The Morgan fingerprint density at radius 3 is 2.57 bits per heavy atom. The van der Waals surface area contributed by atoms with E-state index in [4.69, 9.17) is 4.74 Å². The molecular formula is C18H19NO2. The number of hydrogen-bond acceptors (Lipinski definition) is 2. The lowest BCUT2D eigenvalue weighted by molar-refractivity contribution is 0.00171. The molecular weight excluding hydrogens is 262 g/mol. The summed E-state index contributed by atoms with van der Waals surface area (Å²) in [6.07, 6.45) is 1.81. The van der Waals surface area contributed by atoms with Crippen LogP contribution in [-0.4, -0.2) is 30.7 Å². The minimum absolute atomic E-state index is 0.0544. The molecule has 1 saturated heterocycles. The van der Waals surface area contributed by atoms with Gasteiger partial charge in [0.15, 0.2) is 0 Å². The van der Waals surface area contributed by atoms with Gasteiger partial charge in [0.2, 0.25) is 0 Å². The first-order valence-electron chi connectivity index (χ1n) is 7.29. The highest BCUT2D eigenvalue weighted by Crippen LogP contribution is 2.27. The molecule has 0 radical (unpaired) electrons. The summed E-state index contributed by atoms with van der Waals surface area (Å²) in [6, 6.07) is 17.8. The molecule has 0 spiro atoms. The third kappa shape index (κ3) is 2.69. The van der Waals surface area contributed by atoms with Crippen LogP contribution in [0.4, 0.5) is 0 Å². The lowest BCUT2D eigenvalue weighted by atomic mass is 9.99. The summed E-state index contributed by atoms with van der Waals surface area (Å²) >= 11 is 0. The maximum absolute atomic E-state index is 12.9. The highest BCUT2D eigenvalue weighted by molar-refractivity contribution is 6.01. The molecule has 3 nitrogen and oxygen atoms in total. The van der Waals surface area contributed by atoms with Crippen LogP contribution >= 0.6 is 0 Å². The van der Waals surface area contributed by atoms with Gasteiger partial charge in [0.1, 0.15) is 6.23 Å². The van der Waals surface area contributed by atoms with E-state index in [2.05, 4.69) is 0 Å². The fourth-order valence-electron chi connectivity index (χ4n) is 2.91. The van der Waals surface area contributed by atoms with Gasteiger partial charge in [-0.2, -0.15) is 0 Å². The number of benzene rings is 2. The van der Waals surface area contributed by atoms with Crippen molar-refractivity contribution >= 4 is 5.91 Å². The Bertz CT molecular complexity index is 624. The van der Waals surface area contributed by atoms with Gasteiger partial charge in [-0.1, -0.05) is 48.5 Å². The van der Waals surface area contributed by atoms with Crippen LogP contribution in [0.15, 0.2) is 54.6 Å². The smallest absolute Gasteiger partial charge is 0.256 e. The maximum atomic E-state index is 12.9. The number of hydrogen-bond donors (Lipinski definition) is 0. The number of ether oxygens (including phenoxy) is 1. The van der Waals surface area contributed by atoms with Gasteiger partial charge in [0.05, 0.1) is 0 Å². The standard InChI is InChI=1S/C18H19NO2/c1-21-17-12-7-13-19(17)18(20)16-11-6-5-10-15(16)14-8-3-2-4-9-14/h2-6,8-11,17H,7,12-13H2,1H3/t17-/m1/s1. The average molecular weight is 281 g/mol. The van der Waals surface area contributed by atoms with Crippen LogP contribution < -0.4 is 0 Å². The average Bonchev–Trinajstić information content (AvgIpc) is 3.03. The molecule has 3 rings (SSSR count). The predicted octanol–water partition coefficient (Wildman–Crippen LogP) is 3.56. The number of carbonyl (C=O) groups is 1. The molecule has 1 fully saturated rings. The molecule has 2 aromatic carbocycles.